The van der Waals surface area contributed by atoms with E-state index in [0.717, 1.165) is 35.4 Å². The van der Waals surface area contributed by atoms with Crippen molar-refractivity contribution in [1.29, 1.82) is 0 Å². The van der Waals surface area contributed by atoms with Crippen molar-refractivity contribution in [2.45, 2.75) is 13.8 Å². The van der Waals surface area contributed by atoms with Gasteiger partial charge in [0.25, 0.3) is 5.91 Å². The molecule has 2 aromatic rings. The molecular formula is C23H26BrN3O2. The molecule has 5 nitrogen and oxygen atoms in total. The number of amides is 2. The maximum atomic E-state index is 13.3. The first-order valence-corrected chi connectivity index (χ1v) is 10.6. The van der Waals surface area contributed by atoms with Gasteiger partial charge in [0.1, 0.15) is 6.54 Å². The molecule has 0 N–H and O–H groups in total. The quantitative estimate of drug-likeness (QED) is 0.597. The Balaban J connectivity index is 1.81. The van der Waals surface area contributed by atoms with Gasteiger partial charge in [0, 0.05) is 40.1 Å². The minimum atomic E-state index is -0.170. The van der Waals surface area contributed by atoms with Gasteiger partial charge in [0.05, 0.1) is 0 Å². The summed E-state index contributed by atoms with van der Waals surface area (Å²) in [4.78, 5) is 31.6. The van der Waals surface area contributed by atoms with E-state index in [0.29, 0.717) is 17.8 Å². The van der Waals surface area contributed by atoms with Crippen LogP contribution in [0, 0.1) is 0 Å². The number of halogens is 1. The SMILES string of the molecule is C=C1c2ccccc2C(=O)N1CC(=O)N(CCN(CC)CC)c1cccc(Br)c1. The first kappa shape index (κ1) is 21.3. The third-order valence-corrected chi connectivity index (χ3v) is 5.78. The molecule has 1 aliphatic rings. The lowest BCUT2D eigenvalue weighted by molar-refractivity contribution is -0.118. The zero-order valence-electron chi connectivity index (χ0n) is 16.9. The highest BCUT2D eigenvalue weighted by atomic mass is 79.9. The molecule has 2 aromatic carbocycles. The average Bonchev–Trinajstić information content (AvgIpc) is 2.96. The van der Waals surface area contributed by atoms with Crippen LogP contribution in [0.3, 0.4) is 0 Å². The van der Waals surface area contributed by atoms with Crippen molar-refractivity contribution in [3.05, 3.63) is 70.7 Å². The standard InChI is InChI=1S/C23H26BrN3O2/c1-4-25(5-2)13-14-26(19-10-8-9-18(24)15-19)22(28)16-27-17(3)20-11-6-7-12-21(20)23(27)29/h6-12,15H,3-5,13-14,16H2,1-2H3. The van der Waals surface area contributed by atoms with Crippen molar-refractivity contribution in [1.82, 2.24) is 9.80 Å². The van der Waals surface area contributed by atoms with Gasteiger partial charge in [-0.05, 0) is 37.4 Å². The van der Waals surface area contributed by atoms with E-state index in [1.165, 1.54) is 4.90 Å². The number of benzene rings is 2. The monoisotopic (exact) mass is 455 g/mol. The van der Waals surface area contributed by atoms with Crippen LogP contribution in [0.15, 0.2) is 59.6 Å². The third-order valence-electron chi connectivity index (χ3n) is 5.29. The molecule has 152 valence electrons. The van der Waals surface area contributed by atoms with Crippen molar-refractivity contribution in [3.63, 3.8) is 0 Å². The Kier molecular flexibility index (Phi) is 6.87. The Labute approximate surface area is 180 Å². The lowest BCUT2D eigenvalue weighted by Crippen LogP contribution is -2.44. The van der Waals surface area contributed by atoms with E-state index in [-0.39, 0.29) is 18.4 Å². The Morgan fingerprint density at radius 3 is 2.34 bits per heavy atom. The molecule has 0 aromatic heterocycles. The Bertz CT molecular complexity index is 889. The molecule has 0 spiro atoms. The molecule has 0 atom stereocenters. The topological polar surface area (TPSA) is 43.9 Å². The number of carbonyl (C=O) groups is 2. The molecule has 1 heterocycles. The first-order chi connectivity index (χ1) is 14.0. The Hall–Kier alpha value is -2.44. The fourth-order valence-electron chi connectivity index (χ4n) is 3.55. The number of fused-ring (bicyclic) bond motifs is 1. The van der Waals surface area contributed by atoms with Crippen LogP contribution in [0.4, 0.5) is 5.69 Å². The molecule has 0 fully saturated rings. The number of likely N-dealkylation sites (N-methyl/N-ethyl adjacent to an activating group) is 1. The van der Waals surface area contributed by atoms with Crippen molar-refractivity contribution >= 4 is 39.1 Å². The molecule has 0 aliphatic carbocycles. The number of hydrogen-bond donors (Lipinski definition) is 0. The lowest BCUT2D eigenvalue weighted by atomic mass is 10.1. The van der Waals surface area contributed by atoms with Gasteiger partial charge in [-0.1, -0.05) is 60.6 Å². The van der Waals surface area contributed by atoms with Crippen molar-refractivity contribution < 1.29 is 9.59 Å². The summed E-state index contributed by atoms with van der Waals surface area (Å²) < 4.78 is 0.907. The summed E-state index contributed by atoms with van der Waals surface area (Å²) in [7, 11) is 0. The number of anilines is 1. The van der Waals surface area contributed by atoms with E-state index in [2.05, 4.69) is 41.3 Å². The molecule has 0 radical (unpaired) electrons. The lowest BCUT2D eigenvalue weighted by Gasteiger charge is -2.28. The van der Waals surface area contributed by atoms with Crippen LogP contribution in [0.2, 0.25) is 0 Å². The van der Waals surface area contributed by atoms with Gasteiger partial charge >= 0.3 is 0 Å². The molecule has 2 amide bonds. The first-order valence-electron chi connectivity index (χ1n) is 9.84. The molecule has 0 saturated heterocycles. The van der Waals surface area contributed by atoms with Gasteiger partial charge in [-0.2, -0.15) is 0 Å². The fourth-order valence-corrected chi connectivity index (χ4v) is 3.93. The molecule has 0 bridgehead atoms. The zero-order valence-corrected chi connectivity index (χ0v) is 18.5. The number of nitrogens with zero attached hydrogens (tertiary/aromatic N) is 3. The van der Waals surface area contributed by atoms with Crippen LogP contribution in [0.5, 0.6) is 0 Å². The van der Waals surface area contributed by atoms with Gasteiger partial charge in [0.15, 0.2) is 0 Å². The van der Waals surface area contributed by atoms with Crippen molar-refractivity contribution in [2.24, 2.45) is 0 Å². The van der Waals surface area contributed by atoms with Gasteiger partial charge in [-0.3, -0.25) is 14.5 Å². The summed E-state index contributed by atoms with van der Waals surface area (Å²) in [6.07, 6.45) is 0. The summed E-state index contributed by atoms with van der Waals surface area (Å²) in [5.74, 6) is -0.297. The van der Waals surface area contributed by atoms with Gasteiger partial charge in [0.2, 0.25) is 5.91 Å². The van der Waals surface area contributed by atoms with Gasteiger partial charge < -0.3 is 9.80 Å². The maximum absolute atomic E-state index is 13.3. The van der Waals surface area contributed by atoms with E-state index < -0.39 is 0 Å². The third kappa shape index (κ3) is 4.60. The van der Waals surface area contributed by atoms with Crippen LogP contribution >= 0.6 is 15.9 Å². The van der Waals surface area contributed by atoms with E-state index in [1.54, 1.807) is 11.0 Å². The van der Waals surface area contributed by atoms with Crippen molar-refractivity contribution in [2.75, 3.05) is 37.6 Å². The maximum Gasteiger partial charge on any atom is 0.259 e. The Morgan fingerprint density at radius 1 is 1.03 bits per heavy atom. The second-order valence-electron chi connectivity index (χ2n) is 6.94. The second-order valence-corrected chi connectivity index (χ2v) is 7.85. The molecule has 3 rings (SSSR count). The number of rotatable bonds is 8. The van der Waals surface area contributed by atoms with Crippen LogP contribution in [0.25, 0.3) is 5.70 Å². The normalized spacial score (nSPS) is 13.2. The summed E-state index contributed by atoms with van der Waals surface area (Å²) >= 11 is 3.49. The van der Waals surface area contributed by atoms with Crippen molar-refractivity contribution in [3.8, 4) is 0 Å². The summed E-state index contributed by atoms with van der Waals surface area (Å²) in [5, 5.41) is 0. The van der Waals surface area contributed by atoms with E-state index in [1.807, 2.05) is 42.5 Å². The molecule has 1 aliphatic heterocycles. The fraction of sp³-hybridized carbons (Fsp3) is 0.304. The van der Waals surface area contributed by atoms with Gasteiger partial charge in [-0.25, -0.2) is 0 Å². The van der Waals surface area contributed by atoms with Crippen LogP contribution in [-0.4, -0.2) is 54.3 Å². The highest BCUT2D eigenvalue weighted by Crippen LogP contribution is 2.31. The van der Waals surface area contributed by atoms with E-state index >= 15 is 0 Å². The highest BCUT2D eigenvalue weighted by molar-refractivity contribution is 9.10. The second kappa shape index (κ2) is 9.37. The highest BCUT2D eigenvalue weighted by Gasteiger charge is 2.33. The molecule has 6 heteroatoms. The predicted molar refractivity (Wildman–Crippen MR) is 121 cm³/mol. The van der Waals surface area contributed by atoms with E-state index in [4.69, 9.17) is 0 Å². The number of carbonyl (C=O) groups excluding carboxylic acids is 2. The van der Waals surface area contributed by atoms with Crippen LogP contribution in [0.1, 0.15) is 29.8 Å². The van der Waals surface area contributed by atoms with Crippen LogP contribution in [-0.2, 0) is 4.79 Å². The average molecular weight is 456 g/mol. The smallest absolute Gasteiger partial charge is 0.259 e. The number of hydrogen-bond acceptors (Lipinski definition) is 3. The minimum Gasteiger partial charge on any atom is -0.310 e. The summed E-state index contributed by atoms with van der Waals surface area (Å²) in [6.45, 7) is 11.4. The summed E-state index contributed by atoms with van der Waals surface area (Å²) in [6, 6.07) is 15.0. The van der Waals surface area contributed by atoms with Crippen LogP contribution < -0.4 is 4.90 Å². The minimum absolute atomic E-state index is 0.0306. The molecule has 0 unspecified atom stereocenters. The predicted octanol–water partition coefficient (Wildman–Crippen LogP) is 4.25. The molecule has 29 heavy (non-hydrogen) atoms. The summed E-state index contributed by atoms with van der Waals surface area (Å²) in [5.41, 5.74) is 2.79. The van der Waals surface area contributed by atoms with E-state index in [9.17, 15) is 9.59 Å². The zero-order chi connectivity index (χ0) is 21.0. The van der Waals surface area contributed by atoms with Gasteiger partial charge in [-0.15, -0.1) is 0 Å². The largest absolute Gasteiger partial charge is 0.310 e. The molecule has 0 saturated carbocycles. The molecular weight excluding hydrogens is 430 g/mol. The Morgan fingerprint density at radius 2 is 1.72 bits per heavy atom.